The van der Waals surface area contributed by atoms with Gasteiger partial charge in [0.05, 0.1) is 12.6 Å². The maximum atomic E-state index is 11.9. The maximum absolute atomic E-state index is 11.9. The lowest BCUT2D eigenvalue weighted by molar-refractivity contribution is -0.130. The predicted molar refractivity (Wildman–Crippen MR) is 105 cm³/mol. The van der Waals surface area contributed by atoms with E-state index in [1.54, 1.807) is 19.1 Å². The van der Waals surface area contributed by atoms with Crippen molar-refractivity contribution in [2.24, 2.45) is 10.4 Å². The van der Waals surface area contributed by atoms with Crippen LogP contribution in [0.3, 0.4) is 0 Å². The molecule has 0 aliphatic carbocycles. The lowest BCUT2D eigenvalue weighted by Gasteiger charge is -2.25. The van der Waals surface area contributed by atoms with Crippen molar-refractivity contribution in [3.05, 3.63) is 35.4 Å². The van der Waals surface area contributed by atoms with Crippen LogP contribution in [0.15, 0.2) is 29.3 Å². The molecule has 0 saturated carbocycles. The van der Waals surface area contributed by atoms with Crippen molar-refractivity contribution in [2.75, 3.05) is 6.61 Å². The number of carbonyl (C=O) groups excluding carboxylic acids is 1. The van der Waals surface area contributed by atoms with Crippen LogP contribution in [0.4, 0.5) is 0 Å². The van der Waals surface area contributed by atoms with Crippen LogP contribution in [0.1, 0.15) is 59.6 Å². The van der Waals surface area contributed by atoms with E-state index < -0.39 is 5.97 Å². The summed E-state index contributed by atoms with van der Waals surface area (Å²) in [6, 6.07) is 2.90. The Balaban J connectivity index is 3.41. The van der Waals surface area contributed by atoms with Crippen LogP contribution in [0.5, 0.6) is 11.5 Å². The zero-order chi connectivity index (χ0) is 20.3. The number of benzene rings is 1. The van der Waals surface area contributed by atoms with E-state index in [-0.39, 0.29) is 29.2 Å². The van der Waals surface area contributed by atoms with Crippen LogP contribution in [-0.2, 0) is 10.2 Å². The van der Waals surface area contributed by atoms with Gasteiger partial charge >= 0.3 is 5.97 Å². The van der Waals surface area contributed by atoms with Gasteiger partial charge in [0.1, 0.15) is 11.5 Å². The first-order valence-corrected chi connectivity index (χ1v) is 8.66. The number of nitrogens with zero attached hydrogens (tertiary/aromatic N) is 1. The molecule has 1 rings (SSSR count). The van der Waals surface area contributed by atoms with Crippen LogP contribution in [0.25, 0.3) is 0 Å². The third-order valence-electron chi connectivity index (χ3n) is 4.05. The van der Waals surface area contributed by atoms with E-state index in [1.165, 1.54) is 6.21 Å². The average Bonchev–Trinajstić information content (AvgIpc) is 2.47. The topological polar surface area (TPSA) is 79.1 Å². The Kier molecular flexibility index (Phi) is 6.77. The molecule has 144 valence electrons. The van der Waals surface area contributed by atoms with E-state index >= 15 is 0 Å². The maximum Gasteiger partial charge on any atom is 0.338 e. The third-order valence-corrected chi connectivity index (χ3v) is 4.05. The molecule has 0 spiro atoms. The van der Waals surface area contributed by atoms with Gasteiger partial charge in [0.2, 0.25) is 0 Å². The van der Waals surface area contributed by atoms with Gasteiger partial charge in [-0.1, -0.05) is 48.1 Å². The molecule has 0 heterocycles. The van der Waals surface area contributed by atoms with E-state index in [0.29, 0.717) is 22.4 Å². The van der Waals surface area contributed by atoms with Crippen molar-refractivity contribution < 1.29 is 19.7 Å². The van der Waals surface area contributed by atoms with E-state index in [4.69, 9.17) is 4.74 Å². The largest absolute Gasteiger partial charge is 0.507 e. The molecule has 5 nitrogen and oxygen atoms in total. The molecule has 1 atom stereocenters. The van der Waals surface area contributed by atoms with Crippen LogP contribution in [-0.4, -0.2) is 35.0 Å². The third kappa shape index (κ3) is 5.70. The molecule has 0 fully saturated rings. The summed E-state index contributed by atoms with van der Waals surface area (Å²) in [5.41, 5.74) is 0.779. The lowest BCUT2D eigenvalue weighted by Crippen LogP contribution is -2.28. The molecule has 1 aromatic carbocycles. The molecular formula is C21H31NO4. The number of aliphatic hydroxyl groups excluding tert-OH is 1. The van der Waals surface area contributed by atoms with E-state index in [1.807, 2.05) is 41.5 Å². The Morgan fingerprint density at radius 1 is 1.27 bits per heavy atom. The highest BCUT2D eigenvalue weighted by atomic mass is 16.5. The van der Waals surface area contributed by atoms with Crippen LogP contribution < -0.4 is 4.74 Å². The molecule has 1 aromatic rings. The van der Waals surface area contributed by atoms with E-state index in [2.05, 4.69) is 11.6 Å². The zero-order valence-corrected chi connectivity index (χ0v) is 16.9. The summed E-state index contributed by atoms with van der Waals surface area (Å²) in [6.07, 6.45) is 1.52. The smallest absolute Gasteiger partial charge is 0.338 e. The monoisotopic (exact) mass is 361 g/mol. The Bertz CT molecular complexity index is 706. The number of hydrogen-bond donors (Lipinski definition) is 2. The fourth-order valence-corrected chi connectivity index (χ4v) is 2.27. The minimum Gasteiger partial charge on any atom is -0.507 e. The number of carbonyl (C=O) groups is 1. The Labute approximate surface area is 156 Å². The summed E-state index contributed by atoms with van der Waals surface area (Å²) < 4.78 is 5.35. The normalized spacial score (nSPS) is 13.7. The SMILES string of the molecule is C=C(C)C(=O)Oc1cc(C=N[C@H](CO)C(C)(C)C)c(O)c(C(C)(C)C)c1. The number of aliphatic hydroxyl groups is 1. The molecule has 0 aliphatic rings. The molecule has 0 aromatic heterocycles. The van der Waals surface area contributed by atoms with Crippen molar-refractivity contribution in [2.45, 2.75) is 59.9 Å². The van der Waals surface area contributed by atoms with Gasteiger partial charge in [-0.3, -0.25) is 4.99 Å². The lowest BCUT2D eigenvalue weighted by atomic mass is 9.85. The Morgan fingerprint density at radius 2 is 1.85 bits per heavy atom. The van der Waals surface area contributed by atoms with Gasteiger partial charge in [-0.15, -0.1) is 0 Å². The first kappa shape index (κ1) is 21.9. The van der Waals surface area contributed by atoms with Crippen molar-refractivity contribution in [3.8, 4) is 11.5 Å². The van der Waals surface area contributed by atoms with Crippen LogP contribution >= 0.6 is 0 Å². The summed E-state index contributed by atoms with van der Waals surface area (Å²) in [7, 11) is 0. The van der Waals surface area contributed by atoms with Gasteiger partial charge in [0, 0.05) is 22.9 Å². The predicted octanol–water partition coefficient (Wildman–Crippen LogP) is 4.00. The first-order chi connectivity index (χ1) is 11.8. The molecule has 0 bridgehead atoms. The van der Waals surface area contributed by atoms with Gasteiger partial charge in [0.25, 0.3) is 0 Å². The molecule has 2 N–H and O–H groups in total. The second-order valence-electron chi connectivity index (χ2n) is 8.67. The van der Waals surface area contributed by atoms with Gasteiger partial charge in [0.15, 0.2) is 0 Å². The summed E-state index contributed by atoms with van der Waals surface area (Å²) in [6.45, 7) is 16.9. The number of aromatic hydroxyl groups is 1. The van der Waals surface area contributed by atoms with Crippen molar-refractivity contribution in [1.29, 1.82) is 0 Å². The molecular weight excluding hydrogens is 330 g/mol. The standard InChI is InChI=1S/C21H31NO4/c1-13(2)19(25)26-15-9-14(11-22-17(12-23)21(6,7)8)18(24)16(10-15)20(3,4)5/h9-11,17,23-24H,1,12H2,2-8H3/t17-/m1/s1. The number of aliphatic imine (C=N–C) groups is 1. The number of ether oxygens (including phenoxy) is 1. The van der Waals surface area contributed by atoms with Gasteiger partial charge in [-0.25, -0.2) is 4.79 Å². The van der Waals surface area contributed by atoms with E-state index in [9.17, 15) is 15.0 Å². The van der Waals surface area contributed by atoms with Gasteiger partial charge < -0.3 is 14.9 Å². The quantitative estimate of drug-likeness (QED) is 0.360. The summed E-state index contributed by atoms with van der Waals surface area (Å²) >= 11 is 0. The molecule has 0 amide bonds. The van der Waals surface area contributed by atoms with Crippen molar-refractivity contribution in [3.63, 3.8) is 0 Å². The minimum atomic E-state index is -0.527. The molecule has 0 aliphatic heterocycles. The summed E-state index contributed by atoms with van der Waals surface area (Å²) in [5.74, 6) is -0.123. The molecule has 0 saturated heterocycles. The molecule has 0 radical (unpaired) electrons. The molecule has 0 unspecified atom stereocenters. The highest BCUT2D eigenvalue weighted by Crippen LogP contribution is 2.36. The van der Waals surface area contributed by atoms with Crippen molar-refractivity contribution in [1.82, 2.24) is 0 Å². The van der Waals surface area contributed by atoms with E-state index in [0.717, 1.165) is 0 Å². The summed E-state index contributed by atoms with van der Waals surface area (Å²) in [5, 5.41) is 20.2. The molecule has 26 heavy (non-hydrogen) atoms. The van der Waals surface area contributed by atoms with Gasteiger partial charge in [-0.2, -0.15) is 0 Å². The Morgan fingerprint density at radius 3 is 2.27 bits per heavy atom. The molecule has 5 heteroatoms. The number of hydrogen-bond acceptors (Lipinski definition) is 5. The van der Waals surface area contributed by atoms with Crippen LogP contribution in [0.2, 0.25) is 0 Å². The Hall–Kier alpha value is -2.14. The average molecular weight is 361 g/mol. The second-order valence-corrected chi connectivity index (χ2v) is 8.67. The highest BCUT2D eigenvalue weighted by Gasteiger charge is 2.24. The summed E-state index contributed by atoms with van der Waals surface area (Å²) in [4.78, 5) is 16.3. The van der Waals surface area contributed by atoms with Crippen LogP contribution in [0, 0.1) is 5.41 Å². The minimum absolute atomic E-state index is 0.0852. The van der Waals surface area contributed by atoms with Gasteiger partial charge in [-0.05, 0) is 29.9 Å². The first-order valence-electron chi connectivity index (χ1n) is 8.66. The zero-order valence-electron chi connectivity index (χ0n) is 16.9. The number of rotatable bonds is 5. The second kappa shape index (κ2) is 8.04. The fraction of sp³-hybridized carbons (Fsp3) is 0.524. The number of phenolic OH excluding ortho intramolecular Hbond substituents is 1. The highest BCUT2D eigenvalue weighted by molar-refractivity contribution is 5.90. The number of esters is 1. The number of phenols is 1. The van der Waals surface area contributed by atoms with Crippen molar-refractivity contribution >= 4 is 12.2 Å². The fourth-order valence-electron chi connectivity index (χ4n) is 2.27.